The number of thiazole rings is 1. The molecule has 1 aliphatic carbocycles. The Labute approximate surface area is 149 Å². The molecule has 0 radical (unpaired) electrons. The minimum Gasteiger partial charge on any atom is -0.336 e. The molecule has 0 bridgehead atoms. The Balaban J connectivity index is 1.34. The fourth-order valence-electron chi connectivity index (χ4n) is 3.42. The average Bonchev–Trinajstić information content (AvgIpc) is 3.19. The van der Waals surface area contributed by atoms with Crippen molar-refractivity contribution in [1.29, 1.82) is 0 Å². The van der Waals surface area contributed by atoms with Crippen LogP contribution in [0.4, 0.5) is 8.78 Å². The summed E-state index contributed by atoms with van der Waals surface area (Å²) >= 11 is 1.81. The highest BCUT2D eigenvalue weighted by atomic mass is 32.1. The lowest BCUT2D eigenvalue weighted by atomic mass is 10.1. The van der Waals surface area contributed by atoms with E-state index in [2.05, 4.69) is 4.90 Å². The largest absolute Gasteiger partial charge is 0.336 e. The van der Waals surface area contributed by atoms with E-state index in [0.29, 0.717) is 13.1 Å². The van der Waals surface area contributed by atoms with Gasteiger partial charge in [-0.2, -0.15) is 0 Å². The van der Waals surface area contributed by atoms with Crippen LogP contribution in [0.5, 0.6) is 0 Å². The molecule has 2 aliphatic rings. The first-order chi connectivity index (χ1) is 12.1. The number of carbonyl (C=O) groups excluding carboxylic acids is 1. The Morgan fingerprint density at radius 2 is 1.92 bits per heavy atom. The van der Waals surface area contributed by atoms with E-state index in [1.807, 2.05) is 11.3 Å². The second kappa shape index (κ2) is 6.80. The molecule has 2 aromatic rings. The summed E-state index contributed by atoms with van der Waals surface area (Å²) in [5.41, 5.74) is 1.47. The first-order valence-electron chi connectivity index (χ1n) is 8.54. The predicted octanol–water partition coefficient (Wildman–Crippen LogP) is 2.87. The number of rotatable bonds is 3. The van der Waals surface area contributed by atoms with Crippen molar-refractivity contribution >= 4 is 17.2 Å². The molecule has 0 unspecified atom stereocenters. The van der Waals surface area contributed by atoms with E-state index in [9.17, 15) is 13.6 Å². The zero-order valence-electron chi connectivity index (χ0n) is 13.8. The molecule has 1 amide bonds. The highest BCUT2D eigenvalue weighted by Gasteiger charge is 2.24. The van der Waals surface area contributed by atoms with Gasteiger partial charge in [-0.15, -0.1) is 11.3 Å². The van der Waals surface area contributed by atoms with Crippen LogP contribution in [0.25, 0.3) is 0 Å². The second-order valence-electron chi connectivity index (χ2n) is 6.53. The Hall–Kier alpha value is -1.86. The van der Waals surface area contributed by atoms with Crippen molar-refractivity contribution in [2.75, 3.05) is 26.2 Å². The third kappa shape index (κ3) is 3.43. The molecule has 25 heavy (non-hydrogen) atoms. The average molecular weight is 363 g/mol. The second-order valence-corrected chi connectivity index (χ2v) is 7.70. The van der Waals surface area contributed by atoms with Crippen LogP contribution in [0.15, 0.2) is 18.2 Å². The summed E-state index contributed by atoms with van der Waals surface area (Å²) in [6.07, 6.45) is 3.48. The number of carbonyl (C=O) groups is 1. The Kier molecular flexibility index (Phi) is 4.52. The maximum Gasteiger partial charge on any atom is 0.254 e. The van der Waals surface area contributed by atoms with E-state index < -0.39 is 11.6 Å². The molecule has 0 atom stereocenters. The summed E-state index contributed by atoms with van der Waals surface area (Å²) < 4.78 is 26.3. The van der Waals surface area contributed by atoms with Gasteiger partial charge in [0.1, 0.15) is 5.01 Å². The molecule has 4 rings (SSSR count). The van der Waals surface area contributed by atoms with Gasteiger partial charge in [-0.25, -0.2) is 13.8 Å². The van der Waals surface area contributed by atoms with Crippen molar-refractivity contribution in [3.05, 3.63) is 51.0 Å². The van der Waals surface area contributed by atoms with Gasteiger partial charge in [0.25, 0.3) is 5.91 Å². The number of halogens is 2. The number of aryl methyl sites for hydroxylation is 2. The standard InChI is InChI=1S/C18H19F2N3OS/c19-13-5-4-12(10-14(13)20)18(24)23-8-6-22(7-9-23)11-17-21-15-2-1-3-16(15)25-17/h4-5,10H,1-3,6-9,11H2. The smallest absolute Gasteiger partial charge is 0.254 e. The Morgan fingerprint density at radius 3 is 2.64 bits per heavy atom. The SMILES string of the molecule is O=C(c1ccc(F)c(F)c1)N1CCN(Cc2nc3c(s2)CCC3)CC1. The molecule has 132 valence electrons. The van der Waals surface area contributed by atoms with Crippen LogP contribution in [0.2, 0.25) is 0 Å². The number of nitrogens with zero attached hydrogens (tertiary/aromatic N) is 3. The maximum absolute atomic E-state index is 13.3. The maximum atomic E-state index is 13.3. The summed E-state index contributed by atoms with van der Waals surface area (Å²) in [5.74, 6) is -2.16. The third-order valence-electron chi connectivity index (χ3n) is 4.82. The van der Waals surface area contributed by atoms with Crippen molar-refractivity contribution in [2.45, 2.75) is 25.8 Å². The lowest BCUT2D eigenvalue weighted by Crippen LogP contribution is -2.48. The molecule has 1 saturated heterocycles. The van der Waals surface area contributed by atoms with Crippen LogP contribution in [0.3, 0.4) is 0 Å². The summed E-state index contributed by atoms with van der Waals surface area (Å²) in [6.45, 7) is 3.52. The fraction of sp³-hybridized carbons (Fsp3) is 0.444. The first kappa shape index (κ1) is 16.6. The lowest BCUT2D eigenvalue weighted by Gasteiger charge is -2.34. The van der Waals surface area contributed by atoms with Gasteiger partial charge in [0.2, 0.25) is 0 Å². The predicted molar refractivity (Wildman–Crippen MR) is 91.7 cm³/mol. The molecule has 0 saturated carbocycles. The topological polar surface area (TPSA) is 36.4 Å². The van der Waals surface area contributed by atoms with E-state index >= 15 is 0 Å². The fourth-order valence-corrected chi connectivity index (χ4v) is 4.62. The molecule has 7 heteroatoms. The van der Waals surface area contributed by atoms with Gasteiger partial charge in [0, 0.05) is 36.6 Å². The number of hydrogen-bond donors (Lipinski definition) is 0. The van der Waals surface area contributed by atoms with Crippen molar-refractivity contribution in [3.63, 3.8) is 0 Å². The number of piperazine rings is 1. The van der Waals surface area contributed by atoms with Crippen molar-refractivity contribution in [3.8, 4) is 0 Å². The van der Waals surface area contributed by atoms with Crippen LogP contribution in [-0.2, 0) is 19.4 Å². The minimum atomic E-state index is -0.985. The van der Waals surface area contributed by atoms with E-state index in [1.165, 1.54) is 23.1 Å². The summed E-state index contributed by atoms with van der Waals surface area (Å²) in [4.78, 5) is 22.6. The quantitative estimate of drug-likeness (QED) is 0.841. The third-order valence-corrected chi connectivity index (χ3v) is 5.97. The molecular formula is C18H19F2N3OS. The molecule has 1 aliphatic heterocycles. The van der Waals surface area contributed by atoms with Gasteiger partial charge in [0.05, 0.1) is 12.2 Å². The number of aromatic nitrogens is 1. The van der Waals surface area contributed by atoms with E-state index in [1.54, 1.807) is 4.90 Å². The summed E-state index contributed by atoms with van der Waals surface area (Å²) in [7, 11) is 0. The van der Waals surface area contributed by atoms with Crippen LogP contribution in [-0.4, -0.2) is 46.9 Å². The molecule has 4 nitrogen and oxygen atoms in total. The zero-order valence-corrected chi connectivity index (χ0v) is 14.6. The first-order valence-corrected chi connectivity index (χ1v) is 9.36. The minimum absolute atomic E-state index is 0.198. The van der Waals surface area contributed by atoms with Gasteiger partial charge in [-0.1, -0.05) is 0 Å². The van der Waals surface area contributed by atoms with E-state index in [-0.39, 0.29) is 11.5 Å². The van der Waals surface area contributed by atoms with Crippen molar-refractivity contribution < 1.29 is 13.6 Å². The van der Waals surface area contributed by atoms with E-state index in [4.69, 9.17) is 4.98 Å². The summed E-state index contributed by atoms with van der Waals surface area (Å²) in [5, 5.41) is 1.16. The van der Waals surface area contributed by atoms with Crippen molar-refractivity contribution in [1.82, 2.24) is 14.8 Å². The normalized spacial score (nSPS) is 17.8. The highest BCUT2D eigenvalue weighted by Crippen LogP contribution is 2.28. The van der Waals surface area contributed by atoms with Crippen LogP contribution in [0, 0.1) is 11.6 Å². The number of amides is 1. The van der Waals surface area contributed by atoms with Crippen LogP contribution < -0.4 is 0 Å². The Morgan fingerprint density at radius 1 is 1.12 bits per heavy atom. The molecule has 1 aromatic carbocycles. The number of fused-ring (bicyclic) bond motifs is 1. The highest BCUT2D eigenvalue weighted by molar-refractivity contribution is 7.11. The van der Waals surface area contributed by atoms with Crippen molar-refractivity contribution in [2.24, 2.45) is 0 Å². The molecule has 0 N–H and O–H groups in total. The Bertz CT molecular complexity index is 778. The molecule has 2 heterocycles. The monoisotopic (exact) mass is 363 g/mol. The molecule has 0 spiro atoms. The molecular weight excluding hydrogens is 344 g/mol. The number of benzene rings is 1. The zero-order chi connectivity index (χ0) is 17.4. The van der Waals surface area contributed by atoms with Gasteiger partial charge >= 0.3 is 0 Å². The van der Waals surface area contributed by atoms with Gasteiger partial charge < -0.3 is 4.90 Å². The van der Waals surface area contributed by atoms with Gasteiger partial charge in [0.15, 0.2) is 11.6 Å². The lowest BCUT2D eigenvalue weighted by molar-refractivity contribution is 0.0628. The molecule has 1 fully saturated rings. The van der Waals surface area contributed by atoms with Crippen LogP contribution in [0.1, 0.15) is 32.4 Å². The molecule has 1 aromatic heterocycles. The van der Waals surface area contributed by atoms with Crippen LogP contribution >= 0.6 is 11.3 Å². The summed E-state index contributed by atoms with van der Waals surface area (Å²) in [6, 6.07) is 3.31. The van der Waals surface area contributed by atoms with E-state index in [0.717, 1.165) is 49.6 Å². The van der Waals surface area contributed by atoms with Gasteiger partial charge in [-0.05, 0) is 37.5 Å². The van der Waals surface area contributed by atoms with Gasteiger partial charge in [-0.3, -0.25) is 9.69 Å². The number of hydrogen-bond acceptors (Lipinski definition) is 4.